The fraction of sp³-hybridized carbons (Fsp3) is 0.522. The minimum atomic E-state index is -3.08. The van der Waals surface area contributed by atoms with Gasteiger partial charge in [0.05, 0.1) is 13.2 Å². The van der Waals surface area contributed by atoms with Gasteiger partial charge < -0.3 is 19.4 Å². The van der Waals surface area contributed by atoms with Crippen LogP contribution in [-0.4, -0.2) is 46.8 Å². The van der Waals surface area contributed by atoms with Gasteiger partial charge in [-0.2, -0.15) is 9.97 Å². The number of aromatic nitrogens is 4. The Morgan fingerprint density at radius 1 is 1.15 bits per heavy atom. The summed E-state index contributed by atoms with van der Waals surface area (Å²) in [5.41, 5.74) is 2.94. The third-order valence-corrected chi connectivity index (χ3v) is 6.58. The van der Waals surface area contributed by atoms with Crippen LogP contribution in [-0.2, 0) is 11.2 Å². The molecule has 11 heteroatoms. The second-order valence-corrected chi connectivity index (χ2v) is 8.66. The zero-order valence-electron chi connectivity index (χ0n) is 18.6. The summed E-state index contributed by atoms with van der Waals surface area (Å²) >= 11 is 0. The number of alkyl halides is 4. The average molecular weight is 479 g/mol. The van der Waals surface area contributed by atoms with Crippen molar-refractivity contribution in [3.8, 4) is 5.75 Å². The molecular formula is C23H25F4N5O2. The Kier molecular flexibility index (Phi) is 6.28. The smallest absolute Gasteiger partial charge is 0.297 e. The Morgan fingerprint density at radius 3 is 2.56 bits per heavy atom. The molecule has 2 atom stereocenters. The molecule has 7 nitrogen and oxygen atoms in total. The highest BCUT2D eigenvalue weighted by atomic mass is 19.3. The van der Waals surface area contributed by atoms with Gasteiger partial charge in [0.1, 0.15) is 5.75 Å². The Balaban J connectivity index is 1.60. The summed E-state index contributed by atoms with van der Waals surface area (Å²) < 4.78 is 64.7. The molecule has 0 aliphatic carbocycles. The summed E-state index contributed by atoms with van der Waals surface area (Å²) in [6.07, 6.45) is -3.03. The van der Waals surface area contributed by atoms with Gasteiger partial charge in [-0.05, 0) is 55.4 Å². The van der Waals surface area contributed by atoms with Crippen molar-refractivity contribution < 1.29 is 27.0 Å². The van der Waals surface area contributed by atoms with E-state index in [-0.39, 0.29) is 17.9 Å². The van der Waals surface area contributed by atoms with Gasteiger partial charge in [0, 0.05) is 36.4 Å². The monoisotopic (exact) mass is 479 g/mol. The molecule has 2 aliphatic rings. The number of halogens is 4. The predicted octanol–water partition coefficient (Wildman–Crippen LogP) is 5.16. The maximum atomic E-state index is 13.4. The quantitative estimate of drug-likeness (QED) is 0.493. The summed E-state index contributed by atoms with van der Waals surface area (Å²) in [5.74, 6) is -1.06. The van der Waals surface area contributed by atoms with Gasteiger partial charge in [-0.3, -0.25) is 0 Å². The molecule has 1 aromatic carbocycles. The van der Waals surface area contributed by atoms with Crippen LogP contribution < -0.4 is 9.64 Å². The summed E-state index contributed by atoms with van der Waals surface area (Å²) in [7, 11) is 1.61. The molecule has 0 spiro atoms. The maximum Gasteiger partial charge on any atom is 0.297 e. The lowest BCUT2D eigenvalue weighted by atomic mass is 9.88. The molecular weight excluding hydrogens is 454 g/mol. The highest BCUT2D eigenvalue weighted by Crippen LogP contribution is 2.41. The number of hydrogen-bond donors (Lipinski definition) is 1. The number of methoxy groups -OCH3 is 1. The molecule has 182 valence electrons. The molecule has 3 aromatic rings. The van der Waals surface area contributed by atoms with E-state index in [1.54, 1.807) is 12.0 Å². The van der Waals surface area contributed by atoms with E-state index in [0.29, 0.717) is 32.6 Å². The summed E-state index contributed by atoms with van der Waals surface area (Å²) in [6.45, 7) is 1.70. The molecule has 2 aromatic heterocycles. The first-order valence-electron chi connectivity index (χ1n) is 11.3. The van der Waals surface area contributed by atoms with E-state index in [0.717, 1.165) is 40.8 Å². The van der Waals surface area contributed by atoms with Crippen molar-refractivity contribution >= 4 is 16.9 Å². The van der Waals surface area contributed by atoms with Crippen LogP contribution in [0.5, 0.6) is 5.75 Å². The molecule has 1 N–H and O–H groups in total. The number of benzene rings is 1. The standard InChI is InChI=1S/C23H25F4N5O2/c1-33-13-4-5-16-15(10-13)14-6-7-32(17(18(14)28-16)9-12-3-2-8-34-11-12)23-30-21(19(24)25)29-22(31-23)20(26)27/h4-5,10,12,17,19-20,28H,2-3,6-9,11H2,1H3/t12-,17-/m0/s1. The van der Waals surface area contributed by atoms with Gasteiger partial charge in [-0.25, -0.2) is 22.5 Å². The van der Waals surface area contributed by atoms with Crippen molar-refractivity contribution in [1.29, 1.82) is 0 Å². The number of aromatic amines is 1. The highest BCUT2D eigenvalue weighted by Gasteiger charge is 2.35. The first kappa shape index (κ1) is 22.8. The minimum absolute atomic E-state index is 0.149. The van der Waals surface area contributed by atoms with Crippen molar-refractivity contribution in [2.75, 3.05) is 31.8 Å². The molecule has 0 radical (unpaired) electrons. The van der Waals surface area contributed by atoms with Gasteiger partial charge in [-0.1, -0.05) is 0 Å². The maximum absolute atomic E-state index is 13.4. The Morgan fingerprint density at radius 2 is 1.91 bits per heavy atom. The number of H-pyrrole nitrogens is 1. The lowest BCUT2D eigenvalue weighted by Crippen LogP contribution is -2.39. The second kappa shape index (κ2) is 9.36. The lowest BCUT2D eigenvalue weighted by molar-refractivity contribution is 0.0483. The van der Waals surface area contributed by atoms with Crippen LogP contribution in [0.4, 0.5) is 23.5 Å². The molecule has 2 aliphatic heterocycles. The Hall–Kier alpha value is -2.95. The number of rotatable bonds is 6. The van der Waals surface area contributed by atoms with E-state index in [1.807, 2.05) is 18.2 Å². The first-order valence-corrected chi connectivity index (χ1v) is 11.3. The van der Waals surface area contributed by atoms with E-state index in [2.05, 4.69) is 19.9 Å². The van der Waals surface area contributed by atoms with Crippen LogP contribution in [0, 0.1) is 5.92 Å². The van der Waals surface area contributed by atoms with Crippen LogP contribution in [0.3, 0.4) is 0 Å². The molecule has 4 heterocycles. The summed E-state index contributed by atoms with van der Waals surface area (Å²) in [6, 6.07) is 5.45. The molecule has 5 rings (SSSR count). The van der Waals surface area contributed by atoms with Crippen LogP contribution in [0.2, 0.25) is 0 Å². The molecule has 1 saturated heterocycles. The fourth-order valence-electron chi connectivity index (χ4n) is 4.99. The topological polar surface area (TPSA) is 76.2 Å². The van der Waals surface area contributed by atoms with Crippen LogP contribution in [0.25, 0.3) is 10.9 Å². The predicted molar refractivity (Wildman–Crippen MR) is 117 cm³/mol. The van der Waals surface area contributed by atoms with Crippen LogP contribution in [0.15, 0.2) is 18.2 Å². The van der Waals surface area contributed by atoms with Crippen molar-refractivity contribution in [1.82, 2.24) is 19.9 Å². The largest absolute Gasteiger partial charge is 0.497 e. The zero-order chi connectivity index (χ0) is 23.8. The first-order chi connectivity index (χ1) is 16.4. The lowest BCUT2D eigenvalue weighted by Gasteiger charge is -2.38. The van der Waals surface area contributed by atoms with Gasteiger partial charge >= 0.3 is 0 Å². The van der Waals surface area contributed by atoms with Gasteiger partial charge in [0.15, 0.2) is 0 Å². The summed E-state index contributed by atoms with van der Waals surface area (Å²) in [4.78, 5) is 16.3. The molecule has 34 heavy (non-hydrogen) atoms. The van der Waals surface area contributed by atoms with Crippen molar-refractivity contribution in [3.05, 3.63) is 41.1 Å². The number of ether oxygens (including phenoxy) is 2. The van der Waals surface area contributed by atoms with E-state index in [4.69, 9.17) is 9.47 Å². The van der Waals surface area contributed by atoms with E-state index in [1.165, 1.54) is 0 Å². The van der Waals surface area contributed by atoms with E-state index >= 15 is 0 Å². The molecule has 0 unspecified atom stereocenters. The Labute approximate surface area is 193 Å². The molecule has 0 amide bonds. The second-order valence-electron chi connectivity index (χ2n) is 8.66. The van der Waals surface area contributed by atoms with E-state index in [9.17, 15) is 17.6 Å². The SMILES string of the molecule is COc1ccc2[nH]c3c(c2c1)CCN(c1nc(C(F)F)nc(C(F)F)n1)[C@H]3C[C@@H]1CCCOC1. The molecule has 1 fully saturated rings. The number of nitrogens with one attached hydrogen (secondary N) is 1. The molecule has 0 bridgehead atoms. The summed E-state index contributed by atoms with van der Waals surface area (Å²) in [5, 5.41) is 1.02. The number of hydrogen-bond acceptors (Lipinski definition) is 6. The number of anilines is 1. The number of fused-ring (bicyclic) bond motifs is 3. The van der Waals surface area contributed by atoms with E-state index < -0.39 is 24.5 Å². The van der Waals surface area contributed by atoms with Gasteiger partial charge in [-0.15, -0.1) is 0 Å². The van der Waals surface area contributed by atoms with Crippen LogP contribution in [0.1, 0.15) is 61.1 Å². The van der Waals surface area contributed by atoms with Crippen molar-refractivity contribution in [2.24, 2.45) is 5.92 Å². The van der Waals surface area contributed by atoms with Crippen molar-refractivity contribution in [2.45, 2.75) is 44.6 Å². The van der Waals surface area contributed by atoms with Crippen molar-refractivity contribution in [3.63, 3.8) is 0 Å². The van der Waals surface area contributed by atoms with Gasteiger partial charge in [0.25, 0.3) is 12.9 Å². The third-order valence-electron chi connectivity index (χ3n) is 6.58. The van der Waals surface area contributed by atoms with Gasteiger partial charge in [0.2, 0.25) is 17.6 Å². The normalized spacial score (nSPS) is 20.9. The fourth-order valence-corrected chi connectivity index (χ4v) is 4.99. The number of nitrogens with zero attached hydrogens (tertiary/aromatic N) is 4. The average Bonchev–Trinajstić information content (AvgIpc) is 3.22. The Bertz CT molecular complexity index is 1140. The van der Waals surface area contributed by atoms with Crippen LogP contribution >= 0.6 is 0 Å². The third kappa shape index (κ3) is 4.28. The highest BCUT2D eigenvalue weighted by molar-refractivity contribution is 5.87. The zero-order valence-corrected chi connectivity index (χ0v) is 18.6. The minimum Gasteiger partial charge on any atom is -0.497 e. The molecule has 0 saturated carbocycles.